The van der Waals surface area contributed by atoms with Crippen molar-refractivity contribution in [1.29, 1.82) is 0 Å². The summed E-state index contributed by atoms with van der Waals surface area (Å²) in [5.41, 5.74) is 0. The second-order valence-electron chi connectivity index (χ2n) is 1.72. The summed E-state index contributed by atoms with van der Waals surface area (Å²) >= 11 is 14.9. The van der Waals surface area contributed by atoms with E-state index >= 15 is 0 Å². The van der Waals surface area contributed by atoms with Crippen molar-refractivity contribution < 1.29 is 0 Å². The summed E-state index contributed by atoms with van der Waals surface area (Å²) in [4.78, 5) is 0. The molecule has 1 aromatic rings. The Hall–Kier alpha value is 0.380. The Bertz CT molecular complexity index is 262. The van der Waals surface area contributed by atoms with Crippen LogP contribution in [0.25, 0.3) is 0 Å². The molecule has 52 valence electrons. The molecule has 0 radical (unpaired) electrons. The van der Waals surface area contributed by atoms with E-state index in [1.54, 1.807) is 0 Å². The minimum absolute atomic E-state index is 0.721. The van der Waals surface area contributed by atoms with Gasteiger partial charge in [-0.3, -0.25) is 0 Å². The lowest BCUT2D eigenvalue weighted by molar-refractivity contribution is 1.78. The first-order chi connectivity index (χ1) is 4.72. The molecule has 0 saturated carbocycles. The molecule has 1 atom stereocenters. The van der Waals surface area contributed by atoms with E-state index in [1.165, 1.54) is 0 Å². The number of hydrogen-bond acceptors (Lipinski definition) is 1. The minimum atomic E-state index is -0.771. The largest absolute Gasteiger partial charge is 0.281 e. The first-order valence-corrected chi connectivity index (χ1v) is 6.51. The van der Waals surface area contributed by atoms with Crippen molar-refractivity contribution in [3.63, 3.8) is 0 Å². The zero-order valence-corrected chi connectivity index (χ0v) is 8.35. The molecule has 1 aromatic carbocycles. The first-order valence-electron chi connectivity index (χ1n) is 2.62. The number of halogens is 1. The first kappa shape index (κ1) is 8.48. The molecule has 0 spiro atoms. The number of rotatable bonds is 1. The van der Waals surface area contributed by atoms with Gasteiger partial charge in [-0.2, -0.15) is 0 Å². The average Bonchev–Trinajstić information content (AvgIpc) is 1.88. The molecule has 0 nitrogen and oxygen atoms in total. The maximum atomic E-state index is 5.82. The van der Waals surface area contributed by atoms with E-state index in [4.69, 9.17) is 23.4 Å². The van der Waals surface area contributed by atoms with Gasteiger partial charge in [0.2, 0.25) is 0 Å². The Morgan fingerprint density at radius 2 is 2.00 bits per heavy atom. The standard InChI is InChI=1S/C6H4ClPS2/c7-5-3-1-2-4-6(5)8(9)10/h1-4H/p+1. The monoisotopic (exact) mass is 207 g/mol. The lowest BCUT2D eigenvalue weighted by atomic mass is 10.4. The van der Waals surface area contributed by atoms with Gasteiger partial charge >= 0.3 is 0 Å². The van der Waals surface area contributed by atoms with Gasteiger partial charge in [-0.15, -0.1) is 0 Å². The predicted octanol–water partition coefficient (Wildman–Crippen LogP) is 2.75. The Morgan fingerprint density at radius 3 is 2.40 bits per heavy atom. The molecule has 0 aliphatic rings. The molecule has 4 heteroatoms. The summed E-state index contributed by atoms with van der Waals surface area (Å²) in [6, 6.07) is 7.54. The smallest absolute Gasteiger partial charge is 0.0794 e. The van der Waals surface area contributed by atoms with Gasteiger partial charge in [0.05, 0.1) is 17.3 Å². The molecule has 10 heavy (non-hydrogen) atoms. The highest BCUT2D eigenvalue weighted by molar-refractivity contribution is 8.58. The Kier molecular flexibility index (Phi) is 3.12. The van der Waals surface area contributed by atoms with E-state index in [1.807, 2.05) is 24.3 Å². The second kappa shape index (κ2) is 3.68. The highest BCUT2D eigenvalue weighted by Gasteiger charge is 2.11. The van der Waals surface area contributed by atoms with Crippen LogP contribution in [0, 0.1) is 0 Å². The van der Waals surface area contributed by atoms with E-state index in [2.05, 4.69) is 12.2 Å². The predicted molar refractivity (Wildman–Crippen MR) is 54.4 cm³/mol. The molecular formula is C6H5ClPS2+. The van der Waals surface area contributed by atoms with Crippen LogP contribution in [-0.4, -0.2) is 0 Å². The van der Waals surface area contributed by atoms with Gasteiger partial charge in [0.15, 0.2) is 17.1 Å². The fourth-order valence-electron chi connectivity index (χ4n) is 0.607. The van der Waals surface area contributed by atoms with Crippen molar-refractivity contribution in [3.05, 3.63) is 29.3 Å². The minimum Gasteiger partial charge on any atom is -0.0794 e. The SMILES string of the molecule is S=[P+](S)c1ccccc1Cl. The van der Waals surface area contributed by atoms with Crippen molar-refractivity contribution in [2.75, 3.05) is 0 Å². The van der Waals surface area contributed by atoms with Gasteiger partial charge in [-0.1, -0.05) is 23.7 Å². The van der Waals surface area contributed by atoms with Gasteiger partial charge in [0.1, 0.15) is 0 Å². The van der Waals surface area contributed by atoms with Crippen LogP contribution >= 0.6 is 29.7 Å². The van der Waals surface area contributed by atoms with Crippen molar-refractivity contribution in [3.8, 4) is 0 Å². The van der Waals surface area contributed by atoms with E-state index in [-0.39, 0.29) is 0 Å². The Labute approximate surface area is 76.2 Å². The third kappa shape index (κ3) is 1.93. The van der Waals surface area contributed by atoms with Gasteiger partial charge in [-0.25, -0.2) is 0 Å². The molecule has 0 heterocycles. The van der Waals surface area contributed by atoms with Crippen LogP contribution in [0.4, 0.5) is 0 Å². The van der Waals surface area contributed by atoms with Crippen molar-refractivity contribution in [1.82, 2.24) is 0 Å². The summed E-state index contributed by atoms with van der Waals surface area (Å²) in [7, 11) is 0. The maximum absolute atomic E-state index is 5.82. The quantitative estimate of drug-likeness (QED) is 0.546. The highest BCUT2D eigenvalue weighted by atomic mass is 35.5. The zero-order valence-electron chi connectivity index (χ0n) is 4.99. The van der Waals surface area contributed by atoms with Crippen LogP contribution in [0.15, 0.2) is 24.3 Å². The molecule has 0 aliphatic heterocycles. The van der Waals surface area contributed by atoms with Crippen LogP contribution in [-0.2, 0) is 11.8 Å². The molecule has 0 bridgehead atoms. The van der Waals surface area contributed by atoms with Crippen LogP contribution < -0.4 is 5.30 Å². The van der Waals surface area contributed by atoms with Crippen molar-refractivity contribution >= 4 is 46.9 Å². The Balaban J connectivity index is 3.15. The fourth-order valence-corrected chi connectivity index (χ4v) is 2.79. The van der Waals surface area contributed by atoms with E-state index < -0.39 is 5.90 Å². The second-order valence-corrected chi connectivity index (χ2v) is 6.27. The van der Waals surface area contributed by atoms with Gasteiger partial charge in [0.25, 0.3) is 5.90 Å². The van der Waals surface area contributed by atoms with Crippen molar-refractivity contribution in [2.45, 2.75) is 0 Å². The maximum Gasteiger partial charge on any atom is 0.281 e. The number of thiol groups is 1. The molecule has 0 fully saturated rings. The molecular weight excluding hydrogens is 203 g/mol. The Morgan fingerprint density at radius 1 is 1.40 bits per heavy atom. The third-order valence-corrected chi connectivity index (χ3v) is 3.56. The lowest BCUT2D eigenvalue weighted by Gasteiger charge is -1.87. The zero-order chi connectivity index (χ0) is 7.56. The van der Waals surface area contributed by atoms with Crippen LogP contribution in [0.2, 0.25) is 5.02 Å². The van der Waals surface area contributed by atoms with Crippen LogP contribution in [0.1, 0.15) is 0 Å². The van der Waals surface area contributed by atoms with E-state index in [9.17, 15) is 0 Å². The summed E-state index contributed by atoms with van der Waals surface area (Å²) in [5.74, 6) is -0.771. The molecule has 0 N–H and O–H groups in total. The van der Waals surface area contributed by atoms with Gasteiger partial charge < -0.3 is 0 Å². The van der Waals surface area contributed by atoms with Crippen molar-refractivity contribution in [2.24, 2.45) is 0 Å². The summed E-state index contributed by atoms with van der Waals surface area (Å²) in [6.07, 6.45) is 0. The van der Waals surface area contributed by atoms with E-state index in [0.29, 0.717) is 0 Å². The summed E-state index contributed by atoms with van der Waals surface area (Å²) < 4.78 is 0. The van der Waals surface area contributed by atoms with Crippen LogP contribution in [0.5, 0.6) is 0 Å². The highest BCUT2D eigenvalue weighted by Crippen LogP contribution is 2.28. The summed E-state index contributed by atoms with van der Waals surface area (Å²) in [5, 5.41) is 1.69. The lowest BCUT2D eigenvalue weighted by Crippen LogP contribution is -1.92. The topological polar surface area (TPSA) is 0 Å². The average molecular weight is 208 g/mol. The number of benzene rings is 1. The summed E-state index contributed by atoms with van der Waals surface area (Å²) in [6.45, 7) is 0. The fraction of sp³-hybridized carbons (Fsp3) is 0. The van der Waals surface area contributed by atoms with E-state index in [0.717, 1.165) is 10.3 Å². The van der Waals surface area contributed by atoms with Gasteiger partial charge in [-0.05, 0) is 12.1 Å². The molecule has 0 saturated heterocycles. The third-order valence-electron chi connectivity index (χ3n) is 1.06. The molecule has 0 amide bonds. The van der Waals surface area contributed by atoms with Crippen LogP contribution in [0.3, 0.4) is 0 Å². The molecule has 1 unspecified atom stereocenters. The number of hydrogen-bond donors (Lipinski definition) is 1. The normalized spacial score (nSPS) is 11.2. The van der Waals surface area contributed by atoms with Gasteiger partial charge in [0, 0.05) is 0 Å². The molecule has 0 aromatic heterocycles. The molecule has 1 rings (SSSR count). The molecule has 0 aliphatic carbocycles.